The first-order valence-electron chi connectivity index (χ1n) is 16.8. The summed E-state index contributed by atoms with van der Waals surface area (Å²) in [6.07, 6.45) is 0.120. The molecule has 5 amide bonds. The minimum Gasteiger partial charge on any atom is -0.452 e. The number of esters is 1. The number of cyclic esters (lactones) is 1. The molecule has 2 saturated heterocycles. The minimum absolute atomic E-state index is 0.0186. The number of nitrogens with one attached hydrogen (secondary N) is 2. The first-order valence-corrected chi connectivity index (χ1v) is 16.8. The van der Waals surface area contributed by atoms with E-state index < -0.39 is 65.8 Å². The van der Waals surface area contributed by atoms with E-state index in [2.05, 4.69) is 10.6 Å². The number of benzene rings is 1. The van der Waals surface area contributed by atoms with E-state index in [1.165, 1.54) is 21.7 Å². The summed E-state index contributed by atoms with van der Waals surface area (Å²) < 4.78 is 5.66. The maximum absolute atomic E-state index is 14.3. The fourth-order valence-electron chi connectivity index (χ4n) is 6.60. The number of hydrogen-bond donors (Lipinski definition) is 2. The average Bonchev–Trinajstić information content (AvgIpc) is 3.49. The van der Waals surface area contributed by atoms with Crippen molar-refractivity contribution in [2.75, 3.05) is 27.2 Å². The average molecular weight is 656 g/mol. The van der Waals surface area contributed by atoms with E-state index in [-0.39, 0.29) is 43.6 Å². The van der Waals surface area contributed by atoms with Gasteiger partial charge in [0.1, 0.15) is 24.2 Å². The Morgan fingerprint density at radius 3 is 2.02 bits per heavy atom. The lowest BCUT2D eigenvalue weighted by Crippen LogP contribution is -2.61. The monoisotopic (exact) mass is 655 g/mol. The molecule has 0 bridgehead atoms. The quantitative estimate of drug-likeness (QED) is 0.447. The zero-order chi connectivity index (χ0) is 35.0. The molecule has 260 valence electrons. The van der Waals surface area contributed by atoms with E-state index in [0.717, 1.165) is 5.56 Å². The highest BCUT2D eigenvalue weighted by Gasteiger charge is 2.42. The van der Waals surface area contributed by atoms with Crippen molar-refractivity contribution in [3.8, 4) is 0 Å². The fourth-order valence-corrected chi connectivity index (χ4v) is 6.60. The molecule has 2 fully saturated rings. The van der Waals surface area contributed by atoms with Crippen LogP contribution in [0.4, 0.5) is 0 Å². The van der Waals surface area contributed by atoms with Crippen molar-refractivity contribution >= 4 is 35.5 Å². The Kier molecular flexibility index (Phi) is 13.4. The summed E-state index contributed by atoms with van der Waals surface area (Å²) in [4.78, 5) is 86.6. The number of carbonyl (C=O) groups excluding carboxylic acids is 6. The third-order valence-corrected chi connectivity index (χ3v) is 8.91. The number of likely N-dealkylation sites (N-methyl/N-ethyl adjacent to an activating group) is 2. The van der Waals surface area contributed by atoms with Crippen LogP contribution in [0.5, 0.6) is 0 Å². The summed E-state index contributed by atoms with van der Waals surface area (Å²) >= 11 is 0. The standard InChI is InChI=1S/C35H53N5O7/c1-21(2)19-27-34(45)40-18-12-15-26(40)31(42)37-25(20-24-13-10-9-11-14-24)33(44)39(8)30(23(5)6)35(46)38(7)29(22(3)4)32(43)36-17-16-28(41)47-27/h9-11,13-14,21-23,25-27,29-30H,12,15-20H2,1-8H3,(H,36,43)(H,37,42). The summed E-state index contributed by atoms with van der Waals surface area (Å²) in [6, 6.07) is 5.54. The lowest BCUT2D eigenvalue weighted by molar-refractivity contribution is -0.162. The van der Waals surface area contributed by atoms with Crippen molar-refractivity contribution < 1.29 is 33.5 Å². The van der Waals surface area contributed by atoms with Crippen LogP contribution in [0.25, 0.3) is 0 Å². The van der Waals surface area contributed by atoms with Gasteiger partial charge < -0.3 is 30.1 Å². The third-order valence-electron chi connectivity index (χ3n) is 8.91. The first kappa shape index (κ1) is 37.5. The molecule has 3 rings (SSSR count). The molecular formula is C35H53N5O7. The van der Waals surface area contributed by atoms with Crippen LogP contribution in [0.15, 0.2) is 30.3 Å². The number of hydrogen-bond acceptors (Lipinski definition) is 7. The molecule has 2 aliphatic heterocycles. The number of carbonyl (C=O) groups is 6. The second-order valence-corrected chi connectivity index (χ2v) is 13.9. The van der Waals surface area contributed by atoms with Gasteiger partial charge in [0.25, 0.3) is 5.91 Å². The number of amides is 5. The van der Waals surface area contributed by atoms with E-state index in [1.807, 2.05) is 71.9 Å². The van der Waals surface area contributed by atoms with Crippen molar-refractivity contribution in [3.05, 3.63) is 35.9 Å². The minimum atomic E-state index is -1.10. The molecule has 47 heavy (non-hydrogen) atoms. The van der Waals surface area contributed by atoms with Gasteiger partial charge in [0.05, 0.1) is 6.42 Å². The van der Waals surface area contributed by atoms with Crippen LogP contribution < -0.4 is 10.6 Å². The van der Waals surface area contributed by atoms with Crippen LogP contribution in [0.3, 0.4) is 0 Å². The normalized spacial score (nSPS) is 26.2. The zero-order valence-corrected chi connectivity index (χ0v) is 29.2. The van der Waals surface area contributed by atoms with Gasteiger partial charge in [-0.2, -0.15) is 0 Å². The van der Waals surface area contributed by atoms with Gasteiger partial charge in [0, 0.05) is 33.6 Å². The van der Waals surface area contributed by atoms with Gasteiger partial charge >= 0.3 is 5.97 Å². The van der Waals surface area contributed by atoms with Crippen molar-refractivity contribution in [2.45, 2.75) is 104 Å². The molecule has 2 aliphatic rings. The molecular weight excluding hydrogens is 602 g/mol. The largest absolute Gasteiger partial charge is 0.452 e. The topological polar surface area (TPSA) is 145 Å². The van der Waals surface area contributed by atoms with Gasteiger partial charge in [0.15, 0.2) is 6.10 Å². The Bertz CT molecular complexity index is 1280. The Morgan fingerprint density at radius 2 is 1.43 bits per heavy atom. The van der Waals surface area contributed by atoms with Crippen molar-refractivity contribution in [1.82, 2.24) is 25.3 Å². The number of nitrogens with zero attached hydrogens (tertiary/aromatic N) is 3. The maximum Gasteiger partial charge on any atom is 0.308 e. The molecule has 0 radical (unpaired) electrons. The van der Waals surface area contributed by atoms with Crippen molar-refractivity contribution in [3.63, 3.8) is 0 Å². The van der Waals surface area contributed by atoms with Crippen LogP contribution in [0.1, 0.15) is 72.8 Å². The molecule has 1 aromatic rings. The van der Waals surface area contributed by atoms with Crippen LogP contribution in [0.2, 0.25) is 0 Å². The van der Waals surface area contributed by atoms with Crippen LogP contribution in [0, 0.1) is 17.8 Å². The second kappa shape index (κ2) is 16.7. The molecule has 12 heteroatoms. The molecule has 0 aliphatic carbocycles. The molecule has 12 nitrogen and oxygen atoms in total. The van der Waals surface area contributed by atoms with Crippen LogP contribution in [-0.2, 0) is 39.9 Å². The molecule has 2 heterocycles. The van der Waals surface area contributed by atoms with Crippen molar-refractivity contribution in [2.24, 2.45) is 17.8 Å². The lowest BCUT2D eigenvalue weighted by atomic mass is 9.96. The van der Waals surface area contributed by atoms with Gasteiger partial charge in [-0.05, 0) is 42.6 Å². The number of ether oxygens (including phenoxy) is 1. The lowest BCUT2D eigenvalue weighted by Gasteiger charge is -2.38. The van der Waals surface area contributed by atoms with Crippen molar-refractivity contribution in [1.29, 1.82) is 0 Å². The molecule has 0 saturated carbocycles. The second-order valence-electron chi connectivity index (χ2n) is 13.9. The molecule has 0 spiro atoms. The Balaban J connectivity index is 2.08. The predicted molar refractivity (Wildman–Crippen MR) is 177 cm³/mol. The zero-order valence-electron chi connectivity index (χ0n) is 29.2. The Labute approximate surface area is 278 Å². The summed E-state index contributed by atoms with van der Waals surface area (Å²) in [5, 5.41) is 5.67. The summed E-state index contributed by atoms with van der Waals surface area (Å²) in [7, 11) is 3.08. The number of rotatable bonds is 6. The molecule has 1 aromatic carbocycles. The fraction of sp³-hybridized carbons (Fsp3) is 0.657. The molecule has 0 aromatic heterocycles. The Hall–Kier alpha value is -3.96. The SMILES string of the molecule is CC(C)CC1OC(=O)CCNC(=O)C(C(C)C)N(C)C(=O)C(C(C)C)N(C)C(=O)C(Cc2ccccc2)NC(=O)C2CCCN2C1=O. The molecule has 5 atom stereocenters. The van der Waals surface area contributed by atoms with E-state index in [9.17, 15) is 28.8 Å². The van der Waals surface area contributed by atoms with E-state index in [0.29, 0.717) is 19.4 Å². The predicted octanol–water partition coefficient (Wildman–Crippen LogP) is 2.15. The highest BCUT2D eigenvalue weighted by molar-refractivity contribution is 5.96. The highest BCUT2D eigenvalue weighted by Crippen LogP contribution is 2.24. The third kappa shape index (κ3) is 9.54. The van der Waals surface area contributed by atoms with Gasteiger partial charge in [-0.1, -0.05) is 71.9 Å². The van der Waals surface area contributed by atoms with Gasteiger partial charge in [-0.15, -0.1) is 0 Å². The smallest absolute Gasteiger partial charge is 0.308 e. The van der Waals surface area contributed by atoms with Gasteiger partial charge in [-0.3, -0.25) is 28.8 Å². The van der Waals surface area contributed by atoms with E-state index in [4.69, 9.17) is 4.74 Å². The van der Waals surface area contributed by atoms with Crippen LogP contribution in [-0.4, -0.2) is 108 Å². The molecule has 2 N–H and O–H groups in total. The summed E-state index contributed by atoms with van der Waals surface area (Å²) in [6.45, 7) is 11.4. The Morgan fingerprint density at radius 1 is 0.809 bits per heavy atom. The number of fused-ring (bicyclic) bond motifs is 1. The summed E-state index contributed by atoms with van der Waals surface area (Å²) in [5.41, 5.74) is 0.808. The summed E-state index contributed by atoms with van der Waals surface area (Å²) in [5.74, 6) is -3.51. The van der Waals surface area contributed by atoms with E-state index >= 15 is 0 Å². The van der Waals surface area contributed by atoms with Gasteiger partial charge in [-0.25, -0.2) is 0 Å². The first-order chi connectivity index (χ1) is 22.1. The van der Waals surface area contributed by atoms with E-state index in [1.54, 1.807) is 7.05 Å². The maximum atomic E-state index is 14.3. The highest BCUT2D eigenvalue weighted by atomic mass is 16.5. The van der Waals surface area contributed by atoms with Crippen LogP contribution >= 0.6 is 0 Å². The van der Waals surface area contributed by atoms with Gasteiger partial charge in [0.2, 0.25) is 23.6 Å². The molecule has 5 unspecified atom stereocenters.